The van der Waals surface area contributed by atoms with Gasteiger partial charge in [0.15, 0.2) is 0 Å². The van der Waals surface area contributed by atoms with Crippen LogP contribution < -0.4 is 5.43 Å². The molecule has 0 saturated heterocycles. The van der Waals surface area contributed by atoms with Gasteiger partial charge in [-0.25, -0.2) is 0 Å². The molecule has 0 aliphatic rings. The van der Waals surface area contributed by atoms with Crippen molar-refractivity contribution in [3.05, 3.63) is 83.0 Å². The second-order valence-corrected chi connectivity index (χ2v) is 10.4. The molecule has 0 N–H and O–H groups in total. The quantitative estimate of drug-likeness (QED) is 0.240. The molecule has 3 heterocycles. The third kappa shape index (κ3) is 2.01. The molecule has 136 valence electrons. The Balaban J connectivity index is 1.98. The second-order valence-electron chi connectivity index (χ2n) is 7.24. The van der Waals surface area contributed by atoms with Gasteiger partial charge in [0.1, 0.15) is 0 Å². The molecule has 0 atom stereocenters. The maximum absolute atomic E-state index is 13.9. The summed E-state index contributed by atoms with van der Waals surface area (Å²) in [5, 5.41) is 6.74. The molecule has 7 aromatic rings. The average Bonchev–Trinajstić information content (AvgIpc) is 3.41. The third-order valence-corrected chi connectivity index (χ3v) is 9.22. The van der Waals surface area contributed by atoms with Crippen molar-refractivity contribution in [2.45, 2.75) is 0 Å². The number of thiophene rings is 3. The van der Waals surface area contributed by atoms with E-state index in [2.05, 4.69) is 66.7 Å². The van der Waals surface area contributed by atoms with E-state index < -0.39 is 0 Å². The van der Waals surface area contributed by atoms with Crippen LogP contribution in [0.5, 0.6) is 0 Å². The van der Waals surface area contributed by atoms with Crippen LogP contribution in [0.2, 0.25) is 0 Å². The van der Waals surface area contributed by atoms with Crippen molar-refractivity contribution in [2.75, 3.05) is 0 Å². The van der Waals surface area contributed by atoms with E-state index in [1.807, 2.05) is 17.4 Å². The Bertz CT molecular complexity index is 1830. The molecule has 0 bridgehead atoms. The molecule has 0 radical (unpaired) electrons. The van der Waals surface area contributed by atoms with Crippen LogP contribution in [0.1, 0.15) is 0 Å². The first-order chi connectivity index (χ1) is 14.3. The summed E-state index contributed by atoms with van der Waals surface area (Å²) in [6.07, 6.45) is 0. The highest BCUT2D eigenvalue weighted by atomic mass is 32.1. The Morgan fingerprint density at radius 3 is 1.38 bits per heavy atom. The van der Waals surface area contributed by atoms with E-state index in [-0.39, 0.29) is 5.43 Å². The standard InChI is InChI=1S/C25H12OS3/c26-22-19-13-7-1-4-10-16(13)27-23(19)20-14-8-2-5-11-17(14)28-24(20)21-15-9-3-6-12-18(15)29-25(21)22/h1-12H. The number of rotatable bonds is 0. The minimum Gasteiger partial charge on any atom is -0.288 e. The fourth-order valence-electron chi connectivity index (χ4n) is 4.44. The van der Waals surface area contributed by atoms with E-state index in [1.165, 1.54) is 35.0 Å². The summed E-state index contributed by atoms with van der Waals surface area (Å²) in [6, 6.07) is 25.3. The van der Waals surface area contributed by atoms with Gasteiger partial charge in [0.25, 0.3) is 0 Å². The van der Waals surface area contributed by atoms with Crippen LogP contribution in [0.4, 0.5) is 0 Å². The average molecular weight is 425 g/mol. The lowest BCUT2D eigenvalue weighted by Gasteiger charge is -1.91. The summed E-state index contributed by atoms with van der Waals surface area (Å²) >= 11 is 5.19. The lowest BCUT2D eigenvalue weighted by atomic mass is 10.1. The SMILES string of the molecule is O=c1c2sc3ccccc3c2c2sc3ccccc3c2c2sc3ccccc3c12. The summed E-state index contributed by atoms with van der Waals surface area (Å²) in [5.41, 5.74) is 0.168. The fraction of sp³-hybridized carbons (Fsp3) is 0. The summed E-state index contributed by atoms with van der Waals surface area (Å²) < 4.78 is 6.86. The van der Waals surface area contributed by atoms with E-state index in [0.29, 0.717) is 0 Å². The Kier molecular flexibility index (Phi) is 3.12. The van der Waals surface area contributed by atoms with E-state index >= 15 is 0 Å². The predicted molar refractivity (Wildman–Crippen MR) is 131 cm³/mol. The first-order valence-electron chi connectivity index (χ1n) is 9.41. The van der Waals surface area contributed by atoms with E-state index in [9.17, 15) is 4.79 Å². The molecule has 7 rings (SSSR count). The molecule has 0 amide bonds. The molecule has 1 nitrogen and oxygen atoms in total. The zero-order valence-electron chi connectivity index (χ0n) is 15.1. The highest BCUT2D eigenvalue weighted by Crippen LogP contribution is 2.47. The molecule has 4 heteroatoms. The summed E-state index contributed by atoms with van der Waals surface area (Å²) in [5.74, 6) is 0. The van der Waals surface area contributed by atoms with Gasteiger partial charge < -0.3 is 0 Å². The number of hydrogen-bond acceptors (Lipinski definition) is 4. The van der Waals surface area contributed by atoms with Crippen molar-refractivity contribution in [3.63, 3.8) is 0 Å². The third-order valence-electron chi connectivity index (χ3n) is 5.67. The van der Waals surface area contributed by atoms with Crippen molar-refractivity contribution in [2.24, 2.45) is 0 Å². The molecule has 0 unspecified atom stereocenters. The lowest BCUT2D eigenvalue weighted by Crippen LogP contribution is -1.94. The van der Waals surface area contributed by atoms with Crippen molar-refractivity contribution < 1.29 is 0 Å². The van der Waals surface area contributed by atoms with Crippen LogP contribution in [-0.4, -0.2) is 0 Å². The topological polar surface area (TPSA) is 17.1 Å². The molecule has 3 aromatic heterocycles. The Morgan fingerprint density at radius 1 is 0.448 bits per heavy atom. The Hall–Kier alpha value is -2.79. The fourth-order valence-corrected chi connectivity index (χ4v) is 8.26. The zero-order chi connectivity index (χ0) is 19.1. The van der Waals surface area contributed by atoms with Gasteiger partial charge in [-0.2, -0.15) is 0 Å². The van der Waals surface area contributed by atoms with E-state index in [4.69, 9.17) is 0 Å². The van der Waals surface area contributed by atoms with E-state index in [0.717, 1.165) is 25.6 Å². The van der Waals surface area contributed by atoms with Gasteiger partial charge in [-0.1, -0.05) is 54.6 Å². The van der Waals surface area contributed by atoms with Gasteiger partial charge in [0.05, 0.1) is 4.70 Å². The minimum atomic E-state index is 0.168. The van der Waals surface area contributed by atoms with Crippen LogP contribution in [0, 0.1) is 0 Å². The number of fused-ring (bicyclic) bond motifs is 11. The summed E-state index contributed by atoms with van der Waals surface area (Å²) in [6.45, 7) is 0. The molecule has 29 heavy (non-hydrogen) atoms. The number of hydrogen-bond donors (Lipinski definition) is 0. The van der Waals surface area contributed by atoms with E-state index in [1.54, 1.807) is 22.7 Å². The summed E-state index contributed by atoms with van der Waals surface area (Å²) in [4.78, 5) is 13.9. The van der Waals surface area contributed by atoms with Crippen molar-refractivity contribution >= 4 is 94.5 Å². The van der Waals surface area contributed by atoms with Crippen LogP contribution in [0.25, 0.3) is 60.5 Å². The van der Waals surface area contributed by atoms with Gasteiger partial charge >= 0.3 is 0 Å². The van der Waals surface area contributed by atoms with Gasteiger partial charge in [0, 0.05) is 55.8 Å². The van der Waals surface area contributed by atoms with Gasteiger partial charge in [0.2, 0.25) is 5.43 Å². The van der Waals surface area contributed by atoms with Crippen molar-refractivity contribution in [3.8, 4) is 0 Å². The molecule has 0 aliphatic carbocycles. The molecule has 0 saturated carbocycles. The normalized spacial score (nSPS) is 12.3. The van der Waals surface area contributed by atoms with Crippen molar-refractivity contribution in [1.82, 2.24) is 0 Å². The van der Waals surface area contributed by atoms with Crippen LogP contribution >= 0.6 is 34.0 Å². The second kappa shape index (κ2) is 5.63. The number of benzene rings is 3. The Labute approximate surface area is 177 Å². The zero-order valence-corrected chi connectivity index (χ0v) is 17.5. The van der Waals surface area contributed by atoms with Gasteiger partial charge in [-0.15, -0.1) is 34.0 Å². The smallest absolute Gasteiger partial charge is 0.205 e. The first kappa shape index (κ1) is 16.1. The van der Waals surface area contributed by atoms with Crippen LogP contribution in [0.15, 0.2) is 77.6 Å². The predicted octanol–water partition coefficient (Wildman–Crippen LogP) is 8.15. The lowest BCUT2D eigenvalue weighted by molar-refractivity contribution is 1.85. The largest absolute Gasteiger partial charge is 0.288 e. The monoisotopic (exact) mass is 424 g/mol. The molecular weight excluding hydrogens is 412 g/mol. The van der Waals surface area contributed by atoms with Gasteiger partial charge in [-0.3, -0.25) is 4.79 Å². The maximum atomic E-state index is 13.9. The molecule has 0 fully saturated rings. The van der Waals surface area contributed by atoms with Crippen LogP contribution in [-0.2, 0) is 0 Å². The highest BCUT2D eigenvalue weighted by molar-refractivity contribution is 7.32. The highest BCUT2D eigenvalue weighted by Gasteiger charge is 2.20. The molecule has 4 aromatic carbocycles. The maximum Gasteiger partial charge on any atom is 0.205 e. The van der Waals surface area contributed by atoms with Gasteiger partial charge in [-0.05, 0) is 18.2 Å². The molecule has 0 spiro atoms. The summed E-state index contributed by atoms with van der Waals surface area (Å²) in [7, 11) is 0. The Morgan fingerprint density at radius 2 is 0.828 bits per heavy atom. The van der Waals surface area contributed by atoms with Crippen LogP contribution in [0.3, 0.4) is 0 Å². The molecular formula is C25H12OS3. The first-order valence-corrected chi connectivity index (χ1v) is 11.9. The molecule has 0 aliphatic heterocycles. The minimum absolute atomic E-state index is 0.168. The van der Waals surface area contributed by atoms with Crippen molar-refractivity contribution in [1.29, 1.82) is 0 Å².